The molecule has 0 unspecified atom stereocenters. The van der Waals surface area contributed by atoms with Gasteiger partial charge in [0.05, 0.1) is 17.2 Å². The summed E-state index contributed by atoms with van der Waals surface area (Å²) in [5, 5.41) is 28.8. The number of hydrogen-bond donors (Lipinski definition) is 6. The maximum atomic E-state index is 12.5. The van der Waals surface area contributed by atoms with Crippen LogP contribution in [-0.4, -0.2) is 168 Å². The summed E-state index contributed by atoms with van der Waals surface area (Å²) in [5.74, 6) is 0.933. The Kier molecular flexibility index (Phi) is 30.0. The first-order valence-electron chi connectivity index (χ1n) is 41.3. The van der Waals surface area contributed by atoms with Gasteiger partial charge in [0.25, 0.3) is 0 Å². The lowest BCUT2D eigenvalue weighted by atomic mass is 9.85. The third kappa shape index (κ3) is 23.8. The summed E-state index contributed by atoms with van der Waals surface area (Å²) in [7, 11) is -6.92. The molecule has 0 radical (unpaired) electrons. The molecule has 0 atom stereocenters. The van der Waals surface area contributed by atoms with E-state index in [0.29, 0.717) is 49.4 Å². The third-order valence-electron chi connectivity index (χ3n) is 22.6. The van der Waals surface area contributed by atoms with Crippen molar-refractivity contribution < 1.29 is 36.3 Å². The summed E-state index contributed by atoms with van der Waals surface area (Å²) in [5.41, 5.74) is 33.1. The Bertz CT molecular complexity index is 4920. The molecule has 0 amide bonds. The first-order chi connectivity index (χ1) is 55.7. The number of guanidine groups is 1. The minimum atomic E-state index is -3.61. The van der Waals surface area contributed by atoms with E-state index in [1.807, 2.05) is 78.9 Å². The smallest absolute Gasteiger partial charge is 0.306 e. The van der Waals surface area contributed by atoms with Crippen molar-refractivity contribution in [2.75, 3.05) is 106 Å². The number of piperazine rings is 2. The fraction of sp³-hybridized carbons (Fsp3) is 0.365. The molecule has 0 aromatic heterocycles. The standard InChI is InChI=1S/C34H40N2O3S.C31H39N5O.C31H38N2O4S/c37-24-4-7-33(27-5-2-1-3-6-27)34(29-12-14-30(15-13-29)35-40(38,39)32-18-19-32)28-10-8-25(9-11-28)26-20-22-36(23-21-26)31-16-17-31;1-23(2)35-18-20-36(21-19-35)28-16-12-26(13-17-28)30(25-10-14-27(15-11-25)34-31(32)33)29(9-6-22-37)24-7-4-3-5-8-24;1-24(2)32-19-21-33(22-20-32)28-15-11-26(12-16-28)31(27-13-17-29(18-14-27)37-38(3,35)36)30(10-7-23-34)25-8-5-4-6-9-25/h1-3,5-6,8-15,26,31-32,35,37H,4,7,16-24H2;3-5,7-8,10-17,23,37H,6,9,18-22H2,1-2H3,(H4,32,33,34);4-6,8-9,11-18,24,34H,7,10,19-23H2,1-3H3/b34-33+;30-29-;31-30+. The highest BCUT2D eigenvalue weighted by Crippen LogP contribution is 2.42. The number of hydrogen-bond acceptors (Lipinski definition) is 14. The van der Waals surface area contributed by atoms with E-state index >= 15 is 0 Å². The number of rotatable bonds is 30. The Balaban J connectivity index is 0.000000159. The summed E-state index contributed by atoms with van der Waals surface area (Å²) in [6.07, 6.45) is 11.9. The van der Waals surface area contributed by atoms with Crippen LogP contribution in [0.4, 0.5) is 22.7 Å². The van der Waals surface area contributed by atoms with Crippen LogP contribution in [0, 0.1) is 0 Å². The lowest BCUT2D eigenvalue weighted by molar-refractivity contribution is 0.203. The van der Waals surface area contributed by atoms with Gasteiger partial charge in [-0.05, 0) is 273 Å². The Morgan fingerprint density at radius 1 is 0.426 bits per heavy atom. The van der Waals surface area contributed by atoms with Crippen molar-refractivity contribution in [2.45, 2.75) is 134 Å². The topological polar surface area (TPSA) is 231 Å². The molecule has 3 aliphatic heterocycles. The minimum absolute atomic E-state index is 0.0428. The zero-order valence-corrected chi connectivity index (χ0v) is 69.3. The number of anilines is 3. The molecule has 8 N–H and O–H groups in total. The van der Waals surface area contributed by atoms with Gasteiger partial charge in [0.15, 0.2) is 5.96 Å². The van der Waals surface area contributed by atoms with Crippen LogP contribution >= 0.6 is 0 Å². The number of allylic oxidation sites excluding steroid dienone is 3. The van der Waals surface area contributed by atoms with E-state index in [0.717, 1.165) is 168 Å². The van der Waals surface area contributed by atoms with Crippen LogP contribution < -0.4 is 30.2 Å². The van der Waals surface area contributed by atoms with Crippen LogP contribution in [0.5, 0.6) is 5.75 Å². The van der Waals surface area contributed by atoms with Gasteiger partial charge in [-0.25, -0.2) is 13.4 Å². The lowest BCUT2D eigenvalue weighted by Gasteiger charge is -2.38. The zero-order valence-electron chi connectivity index (χ0n) is 67.6. The molecule has 0 spiro atoms. The quantitative estimate of drug-likeness (QED) is 0.0106. The van der Waals surface area contributed by atoms with Gasteiger partial charge >= 0.3 is 10.1 Å². The zero-order chi connectivity index (χ0) is 80.9. The SMILES string of the molecule is CC(C)N1CCN(c2ccc(/C(=C(/CCCO)c3ccccc3)c3ccc(N=C(N)N)cc3)cc2)CC1.CC(C)N1CCN(c2ccc(/C(=C(/CCCO)c3ccccc3)c3ccc(OS(C)(=O)=O)cc3)cc2)CC1.O=S(=O)(Nc1ccc(/C(=C(\CCCO)c2ccccc2)c2ccc(C3CCN(C4CC4)CC3)cc2)cc1)C1CC1. The Hall–Kier alpha value is -9.67. The molecule has 5 aliphatic rings. The first-order valence-corrected chi connectivity index (χ1v) is 44.6. The number of nitrogens with two attached hydrogens (primary N) is 2. The Morgan fingerprint density at radius 3 is 1.10 bits per heavy atom. The average Bonchev–Trinajstić information content (AvgIpc) is 1.43. The van der Waals surface area contributed by atoms with Gasteiger partial charge in [0.2, 0.25) is 10.0 Å². The van der Waals surface area contributed by atoms with Crippen LogP contribution in [0.1, 0.15) is 166 Å². The van der Waals surface area contributed by atoms with E-state index in [2.05, 4.69) is 208 Å². The molecule has 115 heavy (non-hydrogen) atoms. The van der Waals surface area contributed by atoms with Crippen molar-refractivity contribution in [3.63, 3.8) is 0 Å². The normalized spacial score (nSPS) is 16.6. The number of aliphatic imine (C=N–C) groups is 1. The number of aliphatic hydroxyl groups excluding tert-OH is 3. The fourth-order valence-corrected chi connectivity index (χ4v) is 18.0. The van der Waals surface area contributed by atoms with Crippen LogP contribution in [-0.2, 0) is 20.1 Å². The second-order valence-electron chi connectivity index (χ2n) is 31.5. The summed E-state index contributed by atoms with van der Waals surface area (Å²) >= 11 is 0. The van der Waals surface area contributed by atoms with E-state index < -0.39 is 20.1 Å². The molecule has 3 saturated heterocycles. The maximum absolute atomic E-state index is 12.5. The molecule has 2 aliphatic carbocycles. The van der Waals surface area contributed by atoms with Gasteiger partial charge in [0.1, 0.15) is 5.75 Å². The number of sulfonamides is 1. The molecule has 19 heteroatoms. The Morgan fingerprint density at radius 2 is 0.774 bits per heavy atom. The van der Waals surface area contributed by atoms with Crippen LogP contribution in [0.25, 0.3) is 33.4 Å². The van der Waals surface area contributed by atoms with Crippen molar-refractivity contribution in [1.29, 1.82) is 0 Å². The Labute approximate surface area is 683 Å². The molecular formula is C96H117N9O8S2. The highest BCUT2D eigenvalue weighted by atomic mass is 32.2. The average molecular weight is 1590 g/mol. The lowest BCUT2D eigenvalue weighted by Crippen LogP contribution is -2.48. The molecule has 5 fully saturated rings. The van der Waals surface area contributed by atoms with Gasteiger partial charge < -0.3 is 45.7 Å². The summed E-state index contributed by atoms with van der Waals surface area (Å²) in [6.45, 7) is 20.2. The summed E-state index contributed by atoms with van der Waals surface area (Å²) in [6, 6.07) is 82.8. The van der Waals surface area contributed by atoms with Crippen molar-refractivity contribution in [3.8, 4) is 5.75 Å². The van der Waals surface area contributed by atoms with Crippen LogP contribution in [0.3, 0.4) is 0 Å². The molecule has 0 bridgehead atoms. The first kappa shape index (κ1) is 84.7. The second-order valence-corrected chi connectivity index (χ2v) is 35.0. The number of benzene rings is 9. The van der Waals surface area contributed by atoms with Gasteiger partial charge in [-0.15, -0.1) is 0 Å². The maximum Gasteiger partial charge on any atom is 0.306 e. The monoisotopic (exact) mass is 1590 g/mol. The van der Waals surface area contributed by atoms with Crippen molar-refractivity contribution in [1.82, 2.24) is 14.7 Å². The van der Waals surface area contributed by atoms with Crippen molar-refractivity contribution >= 4 is 82.3 Å². The molecule has 2 saturated carbocycles. The van der Waals surface area contributed by atoms with E-state index in [4.69, 9.17) is 15.7 Å². The van der Waals surface area contributed by atoms with Crippen LogP contribution in [0.15, 0.2) is 242 Å². The summed E-state index contributed by atoms with van der Waals surface area (Å²) in [4.78, 5) is 16.8. The fourth-order valence-electron chi connectivity index (χ4n) is 16.1. The molecular weight excluding hydrogens is 1470 g/mol. The van der Waals surface area contributed by atoms with Gasteiger partial charge in [-0.3, -0.25) is 14.5 Å². The number of nitrogens with zero attached hydrogens (tertiary/aromatic N) is 6. The second kappa shape index (κ2) is 40.8. The number of piperidine rings is 1. The van der Waals surface area contributed by atoms with E-state index in [-0.39, 0.29) is 36.8 Å². The highest BCUT2D eigenvalue weighted by Gasteiger charge is 2.36. The van der Waals surface area contributed by atoms with E-state index in [9.17, 15) is 32.2 Å². The van der Waals surface area contributed by atoms with Crippen molar-refractivity contribution in [2.24, 2.45) is 16.5 Å². The van der Waals surface area contributed by atoms with Crippen LogP contribution in [0.2, 0.25) is 0 Å². The minimum Gasteiger partial charge on any atom is -0.396 e. The van der Waals surface area contributed by atoms with Gasteiger partial charge in [0, 0.05) is 107 Å². The van der Waals surface area contributed by atoms with E-state index in [1.165, 1.54) is 66.9 Å². The number of aliphatic hydroxyl groups is 3. The molecule has 9 aromatic rings. The van der Waals surface area contributed by atoms with E-state index in [1.54, 1.807) is 12.1 Å². The number of nitrogens with one attached hydrogen (secondary N) is 1. The van der Waals surface area contributed by atoms with Gasteiger partial charge in [-0.1, -0.05) is 176 Å². The predicted octanol–water partition coefficient (Wildman–Crippen LogP) is 16.8. The third-order valence-corrected chi connectivity index (χ3v) is 25.0. The highest BCUT2D eigenvalue weighted by molar-refractivity contribution is 7.93. The molecule has 17 nitrogen and oxygen atoms in total. The van der Waals surface area contributed by atoms with Crippen molar-refractivity contribution in [3.05, 3.63) is 292 Å². The number of likely N-dealkylation sites (tertiary alicyclic amines) is 1. The van der Waals surface area contributed by atoms with Gasteiger partial charge in [-0.2, -0.15) is 8.42 Å². The molecule has 14 rings (SSSR count). The molecule has 3 heterocycles. The predicted molar refractivity (Wildman–Crippen MR) is 476 cm³/mol. The molecule has 606 valence electrons. The molecule has 9 aromatic carbocycles. The summed E-state index contributed by atoms with van der Waals surface area (Å²) < 4.78 is 56.0. The largest absolute Gasteiger partial charge is 0.396 e.